The molecular formula is C26H23N3O3S. The Morgan fingerprint density at radius 2 is 1.82 bits per heavy atom. The van der Waals surface area contributed by atoms with E-state index in [1.54, 1.807) is 24.3 Å². The van der Waals surface area contributed by atoms with Crippen LogP contribution in [-0.4, -0.2) is 21.2 Å². The number of carbonyl (C=O) groups excluding carboxylic acids is 2. The first-order chi connectivity index (χ1) is 16.0. The van der Waals surface area contributed by atoms with Gasteiger partial charge in [-0.15, -0.1) is 11.3 Å². The summed E-state index contributed by atoms with van der Waals surface area (Å²) in [4.78, 5) is 42.5. The Balaban J connectivity index is 1.46. The van der Waals surface area contributed by atoms with Crippen molar-refractivity contribution in [3.8, 4) is 11.1 Å². The Morgan fingerprint density at radius 1 is 1.06 bits per heavy atom. The molecule has 0 aliphatic heterocycles. The fourth-order valence-electron chi connectivity index (χ4n) is 4.38. The fraction of sp³-hybridized carbons (Fsp3) is 0.231. The highest BCUT2D eigenvalue weighted by molar-refractivity contribution is 7.17. The number of benzene rings is 2. The van der Waals surface area contributed by atoms with Crippen LogP contribution in [-0.2, 0) is 24.2 Å². The topological polar surface area (TPSA) is 81.1 Å². The average Bonchev–Trinajstić information content (AvgIpc) is 3.25. The maximum absolute atomic E-state index is 13.3. The van der Waals surface area contributed by atoms with Gasteiger partial charge >= 0.3 is 0 Å². The van der Waals surface area contributed by atoms with E-state index in [-0.39, 0.29) is 23.8 Å². The van der Waals surface area contributed by atoms with Gasteiger partial charge in [-0.3, -0.25) is 19.0 Å². The molecule has 6 nitrogen and oxygen atoms in total. The summed E-state index contributed by atoms with van der Waals surface area (Å²) in [6.45, 7) is 1.33. The average molecular weight is 458 g/mol. The first-order valence-electron chi connectivity index (χ1n) is 11.0. The summed E-state index contributed by atoms with van der Waals surface area (Å²) in [5.41, 5.74) is 5.54. The lowest BCUT2D eigenvalue weighted by Crippen LogP contribution is -2.24. The lowest BCUT2D eigenvalue weighted by atomic mass is 9.89. The van der Waals surface area contributed by atoms with Gasteiger partial charge in [0.25, 0.3) is 5.56 Å². The van der Waals surface area contributed by atoms with E-state index in [9.17, 15) is 14.4 Å². The zero-order valence-electron chi connectivity index (χ0n) is 18.3. The Morgan fingerprint density at radius 3 is 2.58 bits per heavy atom. The minimum absolute atomic E-state index is 0.0965. The van der Waals surface area contributed by atoms with E-state index >= 15 is 0 Å². The van der Waals surface area contributed by atoms with Crippen molar-refractivity contribution in [2.75, 3.05) is 5.32 Å². The van der Waals surface area contributed by atoms with Gasteiger partial charge in [0.2, 0.25) is 5.91 Å². The van der Waals surface area contributed by atoms with Crippen LogP contribution in [0.3, 0.4) is 0 Å². The third kappa shape index (κ3) is 4.24. The number of anilines is 1. The van der Waals surface area contributed by atoms with Crippen LogP contribution in [0.25, 0.3) is 21.3 Å². The molecule has 5 rings (SSSR count). The van der Waals surface area contributed by atoms with Crippen LogP contribution in [0.2, 0.25) is 0 Å². The SMILES string of the molecule is CC(=O)Nc1ccc(C(=O)Cn2cnc3scc(-c4ccc5c(c4)CCCC5)c3c2=O)cc1. The molecule has 2 aromatic carbocycles. The van der Waals surface area contributed by atoms with Crippen molar-refractivity contribution in [3.05, 3.63) is 81.2 Å². The number of aromatic nitrogens is 2. The number of fused-ring (bicyclic) bond motifs is 2. The smallest absolute Gasteiger partial charge is 0.263 e. The van der Waals surface area contributed by atoms with E-state index in [2.05, 4.69) is 28.5 Å². The monoisotopic (exact) mass is 457 g/mol. The van der Waals surface area contributed by atoms with Gasteiger partial charge in [-0.1, -0.05) is 18.2 Å². The summed E-state index contributed by atoms with van der Waals surface area (Å²) >= 11 is 1.45. The molecule has 0 fully saturated rings. The maximum atomic E-state index is 13.3. The molecule has 0 unspecified atom stereocenters. The van der Waals surface area contributed by atoms with Gasteiger partial charge in [-0.05, 0) is 66.6 Å². The van der Waals surface area contributed by atoms with Crippen molar-refractivity contribution < 1.29 is 9.59 Å². The zero-order valence-corrected chi connectivity index (χ0v) is 19.1. The van der Waals surface area contributed by atoms with Gasteiger partial charge in [0, 0.05) is 29.1 Å². The summed E-state index contributed by atoms with van der Waals surface area (Å²) in [6, 6.07) is 13.1. The Kier molecular flexibility index (Phi) is 5.64. The Labute approximate surface area is 194 Å². The van der Waals surface area contributed by atoms with Crippen LogP contribution < -0.4 is 10.9 Å². The Bertz CT molecular complexity index is 1430. The number of aryl methyl sites for hydroxylation is 2. The minimum atomic E-state index is -0.211. The van der Waals surface area contributed by atoms with E-state index in [4.69, 9.17) is 0 Å². The lowest BCUT2D eigenvalue weighted by Gasteiger charge is -2.16. The quantitative estimate of drug-likeness (QED) is 0.435. The number of ketones is 1. The van der Waals surface area contributed by atoms with Crippen LogP contribution in [0.5, 0.6) is 0 Å². The first-order valence-corrected chi connectivity index (χ1v) is 11.9. The molecule has 0 radical (unpaired) electrons. The van der Waals surface area contributed by atoms with E-state index in [1.165, 1.54) is 53.1 Å². The molecule has 166 valence electrons. The van der Waals surface area contributed by atoms with Crippen LogP contribution in [0.1, 0.15) is 41.3 Å². The van der Waals surface area contributed by atoms with Crippen molar-refractivity contribution >= 4 is 38.9 Å². The molecule has 1 aliphatic carbocycles. The van der Waals surface area contributed by atoms with Crippen LogP contribution in [0, 0.1) is 0 Å². The van der Waals surface area contributed by atoms with Crippen molar-refractivity contribution in [3.63, 3.8) is 0 Å². The third-order valence-electron chi connectivity index (χ3n) is 6.06. The molecule has 0 saturated heterocycles. The number of hydrogen-bond acceptors (Lipinski definition) is 5. The molecule has 1 aliphatic rings. The van der Waals surface area contributed by atoms with Crippen molar-refractivity contribution in [1.29, 1.82) is 0 Å². The molecule has 4 aromatic rings. The number of thiophene rings is 1. The van der Waals surface area contributed by atoms with E-state index < -0.39 is 0 Å². The second kappa shape index (κ2) is 8.75. The molecule has 0 saturated carbocycles. The summed E-state index contributed by atoms with van der Waals surface area (Å²) < 4.78 is 1.38. The first kappa shape index (κ1) is 21.3. The number of hydrogen-bond donors (Lipinski definition) is 1. The number of amides is 1. The largest absolute Gasteiger partial charge is 0.326 e. The predicted molar refractivity (Wildman–Crippen MR) is 131 cm³/mol. The molecule has 2 aromatic heterocycles. The molecule has 7 heteroatoms. The summed E-state index contributed by atoms with van der Waals surface area (Å²) in [5.74, 6) is -0.372. The number of nitrogens with one attached hydrogen (secondary N) is 1. The van der Waals surface area contributed by atoms with Crippen LogP contribution >= 0.6 is 11.3 Å². The molecule has 2 heterocycles. The van der Waals surface area contributed by atoms with Gasteiger partial charge in [0.1, 0.15) is 4.83 Å². The van der Waals surface area contributed by atoms with E-state index in [0.29, 0.717) is 21.5 Å². The normalized spacial score (nSPS) is 13.0. The lowest BCUT2D eigenvalue weighted by molar-refractivity contribution is -0.114. The molecule has 0 bridgehead atoms. The van der Waals surface area contributed by atoms with E-state index in [0.717, 1.165) is 24.0 Å². The summed E-state index contributed by atoms with van der Waals surface area (Å²) in [6.07, 6.45) is 6.06. The van der Waals surface area contributed by atoms with Gasteiger partial charge < -0.3 is 5.32 Å². The number of carbonyl (C=O) groups is 2. The molecule has 0 atom stereocenters. The van der Waals surface area contributed by atoms with Gasteiger partial charge in [-0.2, -0.15) is 0 Å². The summed E-state index contributed by atoms with van der Waals surface area (Å²) in [7, 11) is 0. The number of rotatable bonds is 5. The Hall–Kier alpha value is -3.58. The van der Waals surface area contributed by atoms with Crippen LogP contribution in [0.15, 0.2) is 59.0 Å². The highest BCUT2D eigenvalue weighted by Gasteiger charge is 2.17. The third-order valence-corrected chi connectivity index (χ3v) is 6.95. The van der Waals surface area contributed by atoms with Crippen molar-refractivity contribution in [2.24, 2.45) is 0 Å². The van der Waals surface area contributed by atoms with Gasteiger partial charge in [0.15, 0.2) is 5.78 Å². The second-order valence-corrected chi connectivity index (χ2v) is 9.24. The number of nitrogens with zero attached hydrogens (tertiary/aromatic N) is 2. The minimum Gasteiger partial charge on any atom is -0.326 e. The molecule has 1 amide bonds. The number of Topliss-reactive ketones (excluding diaryl/α,β-unsaturated/α-hetero) is 1. The van der Waals surface area contributed by atoms with Crippen LogP contribution in [0.4, 0.5) is 5.69 Å². The second-order valence-electron chi connectivity index (χ2n) is 8.38. The van der Waals surface area contributed by atoms with E-state index in [1.807, 2.05) is 5.38 Å². The molecular weight excluding hydrogens is 434 g/mol. The van der Waals surface area contributed by atoms with Crippen molar-refractivity contribution in [1.82, 2.24) is 9.55 Å². The maximum Gasteiger partial charge on any atom is 0.263 e. The molecule has 0 spiro atoms. The van der Waals surface area contributed by atoms with Gasteiger partial charge in [-0.25, -0.2) is 4.98 Å². The zero-order chi connectivity index (χ0) is 22.9. The van der Waals surface area contributed by atoms with Crippen molar-refractivity contribution in [2.45, 2.75) is 39.2 Å². The van der Waals surface area contributed by atoms with Gasteiger partial charge in [0.05, 0.1) is 18.3 Å². The standard InChI is InChI=1S/C26H23N3O3S/c1-16(30)28-21-10-8-18(9-11-21)23(31)13-29-15-27-25-24(26(29)32)22(14-33-25)20-7-6-17-4-2-3-5-19(17)12-20/h6-12,14-15H,2-5,13H2,1H3,(H,28,30). The fourth-order valence-corrected chi connectivity index (χ4v) is 5.29. The molecule has 1 N–H and O–H groups in total. The highest BCUT2D eigenvalue weighted by Crippen LogP contribution is 2.33. The highest BCUT2D eigenvalue weighted by atomic mass is 32.1. The predicted octanol–water partition coefficient (Wildman–Crippen LogP) is 4.85. The molecule has 33 heavy (non-hydrogen) atoms. The summed E-state index contributed by atoms with van der Waals surface area (Å²) in [5, 5.41) is 5.22.